The topological polar surface area (TPSA) is 58.4 Å². The summed E-state index contributed by atoms with van der Waals surface area (Å²) in [6, 6.07) is 6.65. The van der Waals surface area contributed by atoms with Gasteiger partial charge < -0.3 is 10.6 Å². The highest BCUT2D eigenvalue weighted by atomic mass is 16.1. The van der Waals surface area contributed by atoms with Gasteiger partial charge in [-0.2, -0.15) is 5.10 Å². The molecule has 1 aliphatic carbocycles. The number of aromatic nitrogens is 2. The highest BCUT2D eigenvalue weighted by Crippen LogP contribution is 2.19. The van der Waals surface area contributed by atoms with Crippen LogP contribution < -0.4 is 10.6 Å². The van der Waals surface area contributed by atoms with Crippen LogP contribution in [0.1, 0.15) is 43.0 Å². The standard InChI is InChI=1S/C16H22N4O/c1-2-17-12-6-8-13(9-7-12)19-16(21)14-11-18-20-10-4-3-5-15(14)20/h3-5,10-13,17H,2,6-9H2,1H3,(H,19,21). The van der Waals surface area contributed by atoms with Gasteiger partial charge in [0.1, 0.15) is 0 Å². The van der Waals surface area contributed by atoms with Gasteiger partial charge in [-0.1, -0.05) is 13.0 Å². The summed E-state index contributed by atoms with van der Waals surface area (Å²) in [6.45, 7) is 3.16. The van der Waals surface area contributed by atoms with E-state index in [1.54, 1.807) is 10.7 Å². The first-order chi connectivity index (χ1) is 10.3. The van der Waals surface area contributed by atoms with Crippen molar-refractivity contribution in [2.24, 2.45) is 0 Å². The molecule has 1 aliphatic rings. The number of nitrogens with zero attached hydrogens (tertiary/aromatic N) is 2. The van der Waals surface area contributed by atoms with Gasteiger partial charge in [-0.3, -0.25) is 4.79 Å². The van der Waals surface area contributed by atoms with E-state index < -0.39 is 0 Å². The third-order valence-electron chi connectivity index (χ3n) is 4.23. The molecule has 5 nitrogen and oxygen atoms in total. The van der Waals surface area contributed by atoms with Gasteiger partial charge in [-0.15, -0.1) is 0 Å². The van der Waals surface area contributed by atoms with Gasteiger partial charge in [0, 0.05) is 18.3 Å². The van der Waals surface area contributed by atoms with Crippen LogP contribution in [0.3, 0.4) is 0 Å². The van der Waals surface area contributed by atoms with Crippen LogP contribution in [0.15, 0.2) is 30.6 Å². The summed E-state index contributed by atoms with van der Waals surface area (Å²) >= 11 is 0. The summed E-state index contributed by atoms with van der Waals surface area (Å²) in [6.07, 6.45) is 7.86. The third kappa shape index (κ3) is 3.08. The maximum atomic E-state index is 12.4. The molecule has 0 aromatic carbocycles. The Bertz CT molecular complexity index is 614. The molecule has 2 heterocycles. The normalized spacial score (nSPS) is 22.3. The summed E-state index contributed by atoms with van der Waals surface area (Å²) in [5, 5.41) is 10.9. The van der Waals surface area contributed by atoms with Crippen molar-refractivity contribution in [1.29, 1.82) is 0 Å². The number of carbonyl (C=O) groups is 1. The van der Waals surface area contributed by atoms with Gasteiger partial charge in [0.15, 0.2) is 0 Å². The lowest BCUT2D eigenvalue weighted by Crippen LogP contribution is -2.42. The maximum absolute atomic E-state index is 12.4. The largest absolute Gasteiger partial charge is 0.349 e. The lowest BCUT2D eigenvalue weighted by molar-refractivity contribution is 0.0926. The van der Waals surface area contributed by atoms with E-state index in [1.165, 1.54) is 0 Å². The molecule has 1 fully saturated rings. The zero-order chi connectivity index (χ0) is 14.7. The first-order valence-electron chi connectivity index (χ1n) is 7.74. The fraction of sp³-hybridized carbons (Fsp3) is 0.500. The van der Waals surface area contributed by atoms with E-state index in [4.69, 9.17) is 0 Å². The van der Waals surface area contributed by atoms with Crippen LogP contribution in [0.5, 0.6) is 0 Å². The maximum Gasteiger partial charge on any atom is 0.255 e. The minimum absolute atomic E-state index is 0.0110. The van der Waals surface area contributed by atoms with Crippen molar-refractivity contribution in [3.8, 4) is 0 Å². The molecule has 0 radical (unpaired) electrons. The second-order valence-electron chi connectivity index (χ2n) is 5.67. The van der Waals surface area contributed by atoms with Gasteiger partial charge in [-0.05, 0) is 44.4 Å². The van der Waals surface area contributed by atoms with Gasteiger partial charge >= 0.3 is 0 Å². The lowest BCUT2D eigenvalue weighted by Gasteiger charge is -2.29. The van der Waals surface area contributed by atoms with Crippen molar-refractivity contribution >= 4 is 11.4 Å². The number of rotatable bonds is 4. The van der Waals surface area contributed by atoms with Crippen LogP contribution in [-0.2, 0) is 0 Å². The zero-order valence-electron chi connectivity index (χ0n) is 12.4. The molecule has 0 bridgehead atoms. The Kier molecular flexibility index (Phi) is 4.20. The van der Waals surface area contributed by atoms with Crippen LogP contribution in [0.4, 0.5) is 0 Å². The van der Waals surface area contributed by atoms with Gasteiger partial charge in [-0.25, -0.2) is 4.52 Å². The fourth-order valence-electron chi connectivity index (χ4n) is 3.10. The molecule has 1 saturated carbocycles. The predicted octanol–water partition coefficient (Wildman–Crippen LogP) is 1.98. The average molecular weight is 286 g/mol. The van der Waals surface area contributed by atoms with Crippen molar-refractivity contribution < 1.29 is 4.79 Å². The highest BCUT2D eigenvalue weighted by molar-refractivity contribution is 6.00. The first kappa shape index (κ1) is 14.1. The summed E-state index contributed by atoms with van der Waals surface area (Å²) < 4.78 is 1.73. The number of amides is 1. The molecule has 21 heavy (non-hydrogen) atoms. The zero-order valence-corrected chi connectivity index (χ0v) is 12.4. The first-order valence-corrected chi connectivity index (χ1v) is 7.74. The van der Waals surface area contributed by atoms with Crippen molar-refractivity contribution in [1.82, 2.24) is 20.2 Å². The molecule has 0 atom stereocenters. The summed E-state index contributed by atoms with van der Waals surface area (Å²) in [7, 11) is 0. The van der Waals surface area contributed by atoms with E-state index in [0.717, 1.165) is 37.7 Å². The summed E-state index contributed by atoms with van der Waals surface area (Å²) in [5.74, 6) is -0.0110. The molecule has 2 N–H and O–H groups in total. The van der Waals surface area contributed by atoms with Crippen LogP contribution >= 0.6 is 0 Å². The number of carbonyl (C=O) groups excluding carboxylic acids is 1. The number of fused-ring (bicyclic) bond motifs is 1. The highest BCUT2D eigenvalue weighted by Gasteiger charge is 2.23. The second kappa shape index (κ2) is 6.26. The van der Waals surface area contributed by atoms with Crippen LogP contribution in [0.2, 0.25) is 0 Å². The molecular formula is C16H22N4O. The number of hydrogen-bond acceptors (Lipinski definition) is 3. The molecule has 112 valence electrons. The van der Waals surface area contributed by atoms with E-state index in [1.807, 2.05) is 24.4 Å². The molecule has 0 aliphatic heterocycles. The lowest BCUT2D eigenvalue weighted by atomic mass is 9.91. The summed E-state index contributed by atoms with van der Waals surface area (Å²) in [4.78, 5) is 12.4. The second-order valence-corrected chi connectivity index (χ2v) is 5.67. The van der Waals surface area contributed by atoms with Gasteiger partial charge in [0.2, 0.25) is 0 Å². The number of pyridine rings is 1. The molecule has 0 unspecified atom stereocenters. The molecule has 2 aromatic rings. The Balaban J connectivity index is 1.62. The Morgan fingerprint density at radius 1 is 1.29 bits per heavy atom. The monoisotopic (exact) mass is 286 g/mol. The molecule has 1 amide bonds. The van der Waals surface area contributed by atoms with Crippen LogP contribution in [0.25, 0.3) is 5.52 Å². The Morgan fingerprint density at radius 3 is 2.81 bits per heavy atom. The van der Waals surface area contributed by atoms with Crippen LogP contribution in [-0.4, -0.2) is 34.1 Å². The number of nitrogens with one attached hydrogen (secondary N) is 2. The fourth-order valence-corrected chi connectivity index (χ4v) is 3.10. The minimum atomic E-state index is -0.0110. The van der Waals surface area contributed by atoms with Crippen molar-refractivity contribution in [3.05, 3.63) is 36.2 Å². The quantitative estimate of drug-likeness (QED) is 0.903. The Labute approximate surface area is 124 Å². The molecule has 3 rings (SSSR count). The minimum Gasteiger partial charge on any atom is -0.349 e. The molecule has 0 saturated heterocycles. The molecule has 0 spiro atoms. The van der Waals surface area contributed by atoms with E-state index in [9.17, 15) is 4.79 Å². The van der Waals surface area contributed by atoms with Crippen molar-refractivity contribution in [3.63, 3.8) is 0 Å². The van der Waals surface area contributed by atoms with Crippen LogP contribution in [0, 0.1) is 0 Å². The Morgan fingerprint density at radius 2 is 2.05 bits per heavy atom. The SMILES string of the molecule is CCNC1CCC(NC(=O)c2cnn3ccccc23)CC1. The Hall–Kier alpha value is -1.88. The summed E-state index contributed by atoms with van der Waals surface area (Å²) in [5.41, 5.74) is 1.51. The van der Waals surface area contributed by atoms with E-state index in [2.05, 4.69) is 22.7 Å². The smallest absolute Gasteiger partial charge is 0.255 e. The molecular weight excluding hydrogens is 264 g/mol. The van der Waals surface area contributed by atoms with E-state index >= 15 is 0 Å². The average Bonchev–Trinajstić information content (AvgIpc) is 2.93. The van der Waals surface area contributed by atoms with Crippen molar-refractivity contribution in [2.75, 3.05) is 6.54 Å². The molecule has 5 heteroatoms. The predicted molar refractivity (Wildman–Crippen MR) is 82.4 cm³/mol. The van der Waals surface area contributed by atoms with Gasteiger partial charge in [0.25, 0.3) is 5.91 Å². The number of hydrogen-bond donors (Lipinski definition) is 2. The van der Waals surface area contributed by atoms with E-state index in [-0.39, 0.29) is 11.9 Å². The van der Waals surface area contributed by atoms with Gasteiger partial charge in [0.05, 0.1) is 17.3 Å². The molecule has 2 aromatic heterocycles. The van der Waals surface area contributed by atoms with Crippen molar-refractivity contribution in [2.45, 2.75) is 44.7 Å². The third-order valence-corrected chi connectivity index (χ3v) is 4.23. The van der Waals surface area contributed by atoms with E-state index in [0.29, 0.717) is 11.6 Å².